The van der Waals surface area contributed by atoms with Gasteiger partial charge in [0.15, 0.2) is 0 Å². The fourth-order valence-corrected chi connectivity index (χ4v) is 2.90. The number of hydrogen-bond acceptors (Lipinski definition) is 3. The van der Waals surface area contributed by atoms with Crippen molar-refractivity contribution in [2.24, 2.45) is 0 Å². The van der Waals surface area contributed by atoms with E-state index in [1.54, 1.807) is 12.1 Å². The smallest absolute Gasteiger partial charge is 0.227 e. The summed E-state index contributed by atoms with van der Waals surface area (Å²) in [5.41, 5.74) is 1.90. The molecular weight excluding hydrogens is 290 g/mol. The van der Waals surface area contributed by atoms with E-state index in [0.717, 1.165) is 29.8 Å². The molecule has 1 atom stereocenters. The predicted molar refractivity (Wildman–Crippen MR) is 88.6 cm³/mol. The molecule has 4 nitrogen and oxygen atoms in total. The SMILES string of the molecule is Cc1cc(O)ccc1CC(=O)N1CC[C@@H](Oc2ccccc2)C1. The molecule has 1 amide bonds. The van der Waals surface area contributed by atoms with Gasteiger partial charge in [-0.2, -0.15) is 0 Å². The second-order valence-corrected chi connectivity index (χ2v) is 5.97. The van der Waals surface area contributed by atoms with E-state index < -0.39 is 0 Å². The van der Waals surface area contributed by atoms with E-state index in [2.05, 4.69) is 0 Å². The summed E-state index contributed by atoms with van der Waals surface area (Å²) in [5, 5.41) is 9.45. The number of nitrogens with zero attached hydrogens (tertiary/aromatic N) is 1. The normalized spacial score (nSPS) is 17.3. The average molecular weight is 311 g/mol. The van der Waals surface area contributed by atoms with E-state index in [-0.39, 0.29) is 17.8 Å². The van der Waals surface area contributed by atoms with Crippen molar-refractivity contribution < 1.29 is 14.6 Å². The number of hydrogen-bond donors (Lipinski definition) is 1. The Morgan fingerprint density at radius 1 is 1.26 bits per heavy atom. The zero-order valence-corrected chi connectivity index (χ0v) is 13.2. The first-order chi connectivity index (χ1) is 11.1. The van der Waals surface area contributed by atoms with Gasteiger partial charge >= 0.3 is 0 Å². The molecule has 2 aromatic rings. The maximum atomic E-state index is 12.5. The van der Waals surface area contributed by atoms with Gasteiger partial charge < -0.3 is 14.7 Å². The molecule has 3 rings (SSSR count). The van der Waals surface area contributed by atoms with E-state index in [9.17, 15) is 9.90 Å². The number of rotatable bonds is 4. The number of carbonyl (C=O) groups is 1. The monoisotopic (exact) mass is 311 g/mol. The van der Waals surface area contributed by atoms with Crippen LogP contribution in [0.4, 0.5) is 0 Å². The minimum atomic E-state index is 0.0577. The zero-order chi connectivity index (χ0) is 16.2. The average Bonchev–Trinajstić information content (AvgIpc) is 3.00. The topological polar surface area (TPSA) is 49.8 Å². The molecule has 23 heavy (non-hydrogen) atoms. The number of aryl methyl sites for hydroxylation is 1. The number of amides is 1. The Hall–Kier alpha value is -2.49. The molecule has 0 spiro atoms. The Morgan fingerprint density at radius 2 is 2.04 bits per heavy atom. The summed E-state index contributed by atoms with van der Waals surface area (Å²) in [4.78, 5) is 14.3. The molecule has 120 valence electrons. The number of para-hydroxylation sites is 1. The highest BCUT2D eigenvalue weighted by molar-refractivity contribution is 5.79. The van der Waals surface area contributed by atoms with E-state index in [1.165, 1.54) is 0 Å². The van der Waals surface area contributed by atoms with Crippen LogP contribution in [0.5, 0.6) is 11.5 Å². The van der Waals surface area contributed by atoms with Crippen LogP contribution in [-0.4, -0.2) is 35.1 Å². The molecule has 0 radical (unpaired) electrons. The van der Waals surface area contributed by atoms with Gasteiger partial charge in [0.05, 0.1) is 13.0 Å². The Morgan fingerprint density at radius 3 is 2.78 bits per heavy atom. The number of aromatic hydroxyl groups is 1. The molecule has 1 saturated heterocycles. The summed E-state index contributed by atoms with van der Waals surface area (Å²) in [6, 6.07) is 14.8. The van der Waals surface area contributed by atoms with E-state index in [0.29, 0.717) is 13.0 Å². The summed E-state index contributed by atoms with van der Waals surface area (Å²) in [7, 11) is 0. The summed E-state index contributed by atoms with van der Waals surface area (Å²) in [5.74, 6) is 1.19. The molecule has 1 N–H and O–H groups in total. The van der Waals surface area contributed by atoms with Crippen LogP contribution < -0.4 is 4.74 Å². The lowest BCUT2D eigenvalue weighted by Crippen LogP contribution is -2.32. The zero-order valence-electron chi connectivity index (χ0n) is 13.2. The van der Waals surface area contributed by atoms with Crippen LogP contribution in [0.2, 0.25) is 0 Å². The fraction of sp³-hybridized carbons (Fsp3) is 0.316. The van der Waals surface area contributed by atoms with E-state index in [4.69, 9.17) is 4.74 Å². The van der Waals surface area contributed by atoms with Crippen molar-refractivity contribution >= 4 is 5.91 Å². The molecule has 2 aromatic carbocycles. The Labute approximate surface area is 136 Å². The van der Waals surface area contributed by atoms with Crippen molar-refractivity contribution in [1.82, 2.24) is 4.90 Å². The lowest BCUT2D eigenvalue weighted by atomic mass is 10.0. The minimum absolute atomic E-state index is 0.0577. The standard InChI is InChI=1S/C19H21NO3/c1-14-11-16(21)8-7-15(14)12-19(22)20-10-9-18(13-20)23-17-5-3-2-4-6-17/h2-8,11,18,21H,9-10,12-13H2,1H3/t18-/m1/s1. The number of benzene rings is 2. The lowest BCUT2D eigenvalue weighted by Gasteiger charge is -2.18. The van der Waals surface area contributed by atoms with Gasteiger partial charge in [0.1, 0.15) is 17.6 Å². The van der Waals surface area contributed by atoms with Gasteiger partial charge in [-0.25, -0.2) is 0 Å². The largest absolute Gasteiger partial charge is 0.508 e. The molecule has 0 bridgehead atoms. The van der Waals surface area contributed by atoms with Crippen molar-refractivity contribution in [2.45, 2.75) is 25.9 Å². The maximum absolute atomic E-state index is 12.5. The van der Waals surface area contributed by atoms with Gasteiger partial charge in [-0.15, -0.1) is 0 Å². The van der Waals surface area contributed by atoms with Crippen LogP contribution in [0, 0.1) is 6.92 Å². The highest BCUT2D eigenvalue weighted by Crippen LogP contribution is 2.20. The van der Waals surface area contributed by atoms with Gasteiger partial charge in [-0.3, -0.25) is 4.79 Å². The molecule has 0 aliphatic carbocycles. The Bertz CT molecular complexity index is 684. The summed E-state index contributed by atoms with van der Waals surface area (Å²) < 4.78 is 5.92. The molecule has 4 heteroatoms. The minimum Gasteiger partial charge on any atom is -0.508 e. The number of phenols is 1. The molecule has 0 unspecified atom stereocenters. The van der Waals surface area contributed by atoms with Crippen LogP contribution >= 0.6 is 0 Å². The second kappa shape index (κ2) is 6.73. The van der Waals surface area contributed by atoms with Gasteiger partial charge in [0, 0.05) is 13.0 Å². The highest BCUT2D eigenvalue weighted by atomic mass is 16.5. The second-order valence-electron chi connectivity index (χ2n) is 5.97. The third kappa shape index (κ3) is 3.83. The highest BCUT2D eigenvalue weighted by Gasteiger charge is 2.27. The van der Waals surface area contributed by atoms with Gasteiger partial charge in [-0.05, 0) is 42.3 Å². The van der Waals surface area contributed by atoms with Crippen molar-refractivity contribution in [3.8, 4) is 11.5 Å². The molecule has 1 heterocycles. The lowest BCUT2D eigenvalue weighted by molar-refractivity contribution is -0.129. The van der Waals surface area contributed by atoms with Crippen LogP contribution in [-0.2, 0) is 11.2 Å². The molecule has 1 aliphatic rings. The van der Waals surface area contributed by atoms with Crippen molar-refractivity contribution in [3.63, 3.8) is 0 Å². The summed E-state index contributed by atoms with van der Waals surface area (Å²) in [6.07, 6.45) is 1.28. The van der Waals surface area contributed by atoms with Crippen LogP contribution in [0.3, 0.4) is 0 Å². The van der Waals surface area contributed by atoms with Crippen LogP contribution in [0.1, 0.15) is 17.5 Å². The number of likely N-dealkylation sites (tertiary alicyclic amines) is 1. The summed E-state index contributed by atoms with van der Waals surface area (Å²) in [6.45, 7) is 3.27. The van der Waals surface area contributed by atoms with Crippen molar-refractivity contribution in [3.05, 3.63) is 59.7 Å². The molecule has 0 aromatic heterocycles. The number of carbonyl (C=O) groups excluding carboxylic acids is 1. The van der Waals surface area contributed by atoms with Crippen molar-refractivity contribution in [2.75, 3.05) is 13.1 Å². The Balaban J connectivity index is 1.57. The number of phenolic OH excluding ortho intramolecular Hbond substituents is 1. The molecular formula is C19H21NO3. The van der Waals surface area contributed by atoms with E-state index in [1.807, 2.05) is 48.2 Å². The van der Waals surface area contributed by atoms with Gasteiger partial charge in [-0.1, -0.05) is 24.3 Å². The van der Waals surface area contributed by atoms with Gasteiger partial charge in [0.2, 0.25) is 5.91 Å². The van der Waals surface area contributed by atoms with Crippen LogP contribution in [0.15, 0.2) is 48.5 Å². The molecule has 1 aliphatic heterocycles. The predicted octanol–water partition coefficient (Wildman–Crippen LogP) is 2.92. The van der Waals surface area contributed by atoms with Crippen molar-refractivity contribution in [1.29, 1.82) is 0 Å². The maximum Gasteiger partial charge on any atom is 0.227 e. The third-order valence-electron chi connectivity index (χ3n) is 4.21. The first-order valence-corrected chi connectivity index (χ1v) is 7.90. The first kappa shape index (κ1) is 15.4. The Kier molecular flexibility index (Phi) is 4.51. The van der Waals surface area contributed by atoms with Crippen LogP contribution in [0.25, 0.3) is 0 Å². The fourth-order valence-electron chi connectivity index (χ4n) is 2.90. The first-order valence-electron chi connectivity index (χ1n) is 7.90. The quantitative estimate of drug-likeness (QED) is 0.944. The molecule has 0 saturated carbocycles. The summed E-state index contributed by atoms with van der Waals surface area (Å²) >= 11 is 0. The number of ether oxygens (including phenoxy) is 1. The van der Waals surface area contributed by atoms with E-state index >= 15 is 0 Å². The third-order valence-corrected chi connectivity index (χ3v) is 4.21. The van der Waals surface area contributed by atoms with Gasteiger partial charge in [0.25, 0.3) is 0 Å². The molecule has 1 fully saturated rings.